The van der Waals surface area contributed by atoms with Crippen LogP contribution in [0.1, 0.15) is 19.3 Å². The summed E-state index contributed by atoms with van der Waals surface area (Å²) in [4.78, 5) is 10.8. The number of aliphatic hydroxyl groups excluding tert-OH is 1. The highest BCUT2D eigenvalue weighted by Crippen LogP contribution is 2.73. The largest absolute Gasteiger partial charge is 0.394 e. The molecule has 80 valence electrons. The summed E-state index contributed by atoms with van der Waals surface area (Å²) in [5, 5.41) is 10.8. The van der Waals surface area contributed by atoms with Crippen molar-refractivity contribution < 1.29 is 23.1 Å². The van der Waals surface area contributed by atoms with Crippen molar-refractivity contribution in [2.75, 3.05) is 6.61 Å². The maximum atomic E-state index is 12.4. The highest BCUT2D eigenvalue weighted by Gasteiger charge is 2.78. The zero-order valence-electron chi connectivity index (χ0n) is 7.32. The minimum Gasteiger partial charge on any atom is -0.387 e. The minimum absolute atomic E-state index is 0.0325. The zero-order valence-corrected chi connectivity index (χ0v) is 7.32. The number of aliphatic hydroxyl groups is 1. The van der Waals surface area contributed by atoms with Crippen molar-refractivity contribution in [3.8, 4) is 0 Å². The van der Waals surface area contributed by atoms with Crippen LogP contribution in [0.3, 0.4) is 0 Å². The van der Waals surface area contributed by atoms with E-state index in [9.17, 15) is 18.0 Å². The first-order chi connectivity index (χ1) is 6.33. The molecule has 0 heterocycles. The van der Waals surface area contributed by atoms with E-state index in [1.807, 2.05) is 0 Å². The normalized spacial score (nSPS) is 39.7. The Morgan fingerprint density at radius 2 is 1.86 bits per heavy atom. The summed E-state index contributed by atoms with van der Waals surface area (Å²) in [6, 6.07) is 0. The molecule has 0 atom stereocenters. The van der Waals surface area contributed by atoms with Crippen LogP contribution in [0.4, 0.5) is 13.2 Å². The topological polar surface area (TPSA) is 49.3 Å². The Labute approximate surface area is 78.3 Å². The van der Waals surface area contributed by atoms with Crippen molar-refractivity contribution in [2.24, 2.45) is 5.41 Å². The molecule has 3 saturated carbocycles. The second-order valence-corrected chi connectivity index (χ2v) is 4.30. The van der Waals surface area contributed by atoms with Gasteiger partial charge in [-0.25, -0.2) is 0 Å². The van der Waals surface area contributed by atoms with Crippen LogP contribution in [-0.2, 0) is 4.79 Å². The molecule has 6 heteroatoms. The fraction of sp³-hybridized carbons (Fsp3) is 0.875. The lowest BCUT2D eigenvalue weighted by molar-refractivity contribution is -0.337. The Kier molecular flexibility index (Phi) is 1.69. The number of nitrogens with one attached hydrogen (secondary N) is 1. The van der Waals surface area contributed by atoms with Gasteiger partial charge in [0.25, 0.3) is 0 Å². The van der Waals surface area contributed by atoms with E-state index in [1.165, 1.54) is 0 Å². The molecule has 0 aromatic heterocycles. The number of halogens is 3. The maximum Gasteiger partial charge on any atom is 0.394 e. The molecule has 3 nitrogen and oxygen atoms in total. The summed E-state index contributed by atoms with van der Waals surface area (Å²) in [7, 11) is 0. The molecule has 0 aromatic carbocycles. The first kappa shape index (κ1) is 9.76. The van der Waals surface area contributed by atoms with Gasteiger partial charge in [-0.2, -0.15) is 13.2 Å². The van der Waals surface area contributed by atoms with Gasteiger partial charge in [0, 0.05) is 5.54 Å². The second kappa shape index (κ2) is 2.42. The summed E-state index contributed by atoms with van der Waals surface area (Å²) in [5.74, 6) is -0.597. The van der Waals surface area contributed by atoms with E-state index in [-0.39, 0.29) is 19.3 Å². The minimum atomic E-state index is -4.15. The third-order valence-electron chi connectivity index (χ3n) is 3.18. The molecular weight excluding hydrogens is 199 g/mol. The Balaban J connectivity index is 1.92. The van der Waals surface area contributed by atoms with Crippen molar-refractivity contribution in [1.29, 1.82) is 0 Å². The highest BCUT2D eigenvalue weighted by atomic mass is 19.4. The van der Waals surface area contributed by atoms with E-state index in [0.717, 1.165) is 0 Å². The molecule has 3 aliphatic carbocycles. The van der Waals surface area contributed by atoms with Crippen molar-refractivity contribution in [3.63, 3.8) is 0 Å². The summed E-state index contributed by atoms with van der Waals surface area (Å²) in [6.07, 6.45) is -4.25. The number of carbonyl (C=O) groups excluding carboxylic acids is 1. The predicted molar refractivity (Wildman–Crippen MR) is 40.3 cm³/mol. The summed E-state index contributed by atoms with van der Waals surface area (Å²) in [6.45, 7) is -0.666. The molecule has 1 amide bonds. The van der Waals surface area contributed by atoms with Gasteiger partial charge >= 0.3 is 6.18 Å². The molecule has 3 aliphatic rings. The number of carbonyl (C=O) groups is 1. The highest BCUT2D eigenvalue weighted by molar-refractivity contribution is 5.78. The Morgan fingerprint density at radius 1 is 1.36 bits per heavy atom. The van der Waals surface area contributed by atoms with Crippen molar-refractivity contribution in [3.05, 3.63) is 0 Å². The predicted octanol–water partition coefficient (Wildman–Crippen LogP) is 0.580. The van der Waals surface area contributed by atoms with Gasteiger partial charge in [0.1, 0.15) is 6.61 Å². The second-order valence-electron chi connectivity index (χ2n) is 4.30. The molecule has 3 rings (SSSR count). The van der Waals surface area contributed by atoms with Crippen LogP contribution in [-0.4, -0.2) is 29.3 Å². The third-order valence-corrected chi connectivity index (χ3v) is 3.18. The van der Waals surface area contributed by atoms with Crippen LogP contribution in [0.25, 0.3) is 0 Å². The maximum absolute atomic E-state index is 12.4. The van der Waals surface area contributed by atoms with Crippen LogP contribution >= 0.6 is 0 Å². The third kappa shape index (κ3) is 1.06. The van der Waals surface area contributed by atoms with Crippen molar-refractivity contribution >= 4 is 5.91 Å². The Hall–Kier alpha value is -0.780. The lowest BCUT2D eigenvalue weighted by atomic mass is 9.39. The number of alkyl halides is 3. The van der Waals surface area contributed by atoms with Gasteiger partial charge in [-0.15, -0.1) is 0 Å². The van der Waals surface area contributed by atoms with E-state index in [2.05, 4.69) is 5.32 Å². The summed E-state index contributed by atoms with van der Waals surface area (Å²) in [5.41, 5.74) is -2.22. The quantitative estimate of drug-likeness (QED) is 0.698. The SMILES string of the molecule is O=C(CO)NC12CC(C(F)(F)F)(C1)C2. The molecule has 0 unspecified atom stereocenters. The lowest BCUT2D eigenvalue weighted by Gasteiger charge is -2.70. The summed E-state index contributed by atoms with van der Waals surface area (Å²) >= 11 is 0. The molecule has 3 fully saturated rings. The Morgan fingerprint density at radius 3 is 2.21 bits per heavy atom. The van der Waals surface area contributed by atoms with Crippen LogP contribution in [0.5, 0.6) is 0 Å². The van der Waals surface area contributed by atoms with Crippen LogP contribution in [0.2, 0.25) is 0 Å². The molecule has 2 N–H and O–H groups in total. The van der Waals surface area contributed by atoms with E-state index in [0.29, 0.717) is 0 Å². The number of hydrogen-bond donors (Lipinski definition) is 2. The van der Waals surface area contributed by atoms with E-state index < -0.39 is 29.6 Å². The fourth-order valence-corrected chi connectivity index (χ4v) is 2.56. The molecule has 0 aromatic rings. The first-order valence-electron chi connectivity index (χ1n) is 4.31. The molecule has 0 spiro atoms. The van der Waals surface area contributed by atoms with Crippen molar-refractivity contribution in [1.82, 2.24) is 5.32 Å². The fourth-order valence-electron chi connectivity index (χ4n) is 2.56. The number of amides is 1. The van der Waals surface area contributed by atoms with Gasteiger partial charge in [0.2, 0.25) is 5.91 Å². The molecule has 0 aliphatic heterocycles. The monoisotopic (exact) mass is 209 g/mol. The molecular formula is C8H10F3NO2. The smallest absolute Gasteiger partial charge is 0.387 e. The van der Waals surface area contributed by atoms with Gasteiger partial charge in [-0.1, -0.05) is 0 Å². The standard InChI is InChI=1S/C8H10F3NO2/c9-8(10,11)6-2-7(3-6,4-6)12-5(14)1-13/h13H,1-4H2,(H,12,14). The van der Waals surface area contributed by atoms with Crippen LogP contribution < -0.4 is 5.32 Å². The Bertz CT molecular complexity index is 267. The van der Waals surface area contributed by atoms with Crippen LogP contribution in [0, 0.1) is 5.41 Å². The summed E-state index contributed by atoms with van der Waals surface area (Å²) < 4.78 is 37.1. The van der Waals surface area contributed by atoms with Crippen molar-refractivity contribution in [2.45, 2.75) is 31.0 Å². The van der Waals surface area contributed by atoms with Gasteiger partial charge < -0.3 is 10.4 Å². The molecule has 2 bridgehead atoms. The van der Waals surface area contributed by atoms with Gasteiger partial charge in [-0.05, 0) is 19.3 Å². The van der Waals surface area contributed by atoms with Gasteiger partial charge in [0.15, 0.2) is 0 Å². The number of hydrogen-bond acceptors (Lipinski definition) is 2. The molecule has 14 heavy (non-hydrogen) atoms. The van der Waals surface area contributed by atoms with Gasteiger partial charge in [0.05, 0.1) is 5.41 Å². The average molecular weight is 209 g/mol. The van der Waals surface area contributed by atoms with E-state index in [1.54, 1.807) is 0 Å². The average Bonchev–Trinajstić information content (AvgIpc) is 1.90. The van der Waals surface area contributed by atoms with Gasteiger partial charge in [-0.3, -0.25) is 4.79 Å². The van der Waals surface area contributed by atoms with E-state index in [4.69, 9.17) is 5.11 Å². The van der Waals surface area contributed by atoms with E-state index >= 15 is 0 Å². The zero-order chi connectivity index (χ0) is 10.6. The number of rotatable bonds is 2. The van der Waals surface area contributed by atoms with Crippen LogP contribution in [0.15, 0.2) is 0 Å². The first-order valence-corrected chi connectivity index (χ1v) is 4.31. The molecule has 0 radical (unpaired) electrons. The molecule has 0 saturated heterocycles. The lowest BCUT2D eigenvalue weighted by Crippen LogP contribution is -2.78.